The number of benzene rings is 2. The summed E-state index contributed by atoms with van der Waals surface area (Å²) in [5.74, 6) is 0.190. The van der Waals surface area contributed by atoms with E-state index in [1.54, 1.807) is 24.3 Å². The molecule has 0 saturated heterocycles. The molecule has 2 aromatic rings. The third-order valence-electron chi connectivity index (χ3n) is 4.51. The summed E-state index contributed by atoms with van der Waals surface area (Å²) in [6.07, 6.45) is 3.34. The third-order valence-corrected chi connectivity index (χ3v) is 4.51. The highest BCUT2D eigenvalue weighted by atomic mass is 16.6. The summed E-state index contributed by atoms with van der Waals surface area (Å²) in [6, 6.07) is 16.3. The fourth-order valence-electron chi connectivity index (χ4n) is 3.03. The zero-order valence-corrected chi connectivity index (χ0v) is 15.0. The van der Waals surface area contributed by atoms with Crippen molar-refractivity contribution >= 4 is 17.6 Å². The molecule has 0 bridgehead atoms. The predicted molar refractivity (Wildman–Crippen MR) is 101 cm³/mol. The van der Waals surface area contributed by atoms with Gasteiger partial charge in [-0.15, -0.1) is 0 Å². The molecule has 0 unspecified atom stereocenters. The standard InChI is InChI=1S/C21H23NO5/c23-19(15-26-20(24)21(25)13-5-2-6-14-21)22-16-9-11-18(12-10-16)27-17-7-3-1-4-8-17/h1,3-4,7-12,25H,2,5-6,13-15H2,(H,22,23). The Bertz CT molecular complexity index is 767. The van der Waals surface area contributed by atoms with E-state index in [1.165, 1.54) is 0 Å². The number of carbonyl (C=O) groups excluding carboxylic acids is 2. The molecule has 1 amide bonds. The van der Waals surface area contributed by atoms with Crippen molar-refractivity contribution in [3.05, 3.63) is 54.6 Å². The van der Waals surface area contributed by atoms with Gasteiger partial charge in [0.1, 0.15) is 11.5 Å². The van der Waals surface area contributed by atoms with E-state index in [1.807, 2.05) is 30.3 Å². The number of hydrogen-bond acceptors (Lipinski definition) is 5. The number of rotatable bonds is 6. The molecule has 3 rings (SSSR count). The van der Waals surface area contributed by atoms with Gasteiger partial charge in [-0.3, -0.25) is 4.79 Å². The Morgan fingerprint density at radius 1 is 0.926 bits per heavy atom. The zero-order valence-electron chi connectivity index (χ0n) is 15.0. The van der Waals surface area contributed by atoms with Crippen LogP contribution in [0.15, 0.2) is 54.6 Å². The van der Waals surface area contributed by atoms with E-state index in [4.69, 9.17) is 9.47 Å². The molecule has 0 aliphatic heterocycles. The van der Waals surface area contributed by atoms with Crippen LogP contribution < -0.4 is 10.1 Å². The molecule has 142 valence electrons. The summed E-state index contributed by atoms with van der Waals surface area (Å²) in [7, 11) is 0. The molecule has 0 aromatic heterocycles. The van der Waals surface area contributed by atoms with Crippen molar-refractivity contribution in [2.45, 2.75) is 37.7 Å². The van der Waals surface area contributed by atoms with Crippen molar-refractivity contribution in [2.24, 2.45) is 0 Å². The van der Waals surface area contributed by atoms with Crippen molar-refractivity contribution in [1.29, 1.82) is 0 Å². The molecule has 0 atom stereocenters. The van der Waals surface area contributed by atoms with Gasteiger partial charge < -0.3 is 19.9 Å². The lowest BCUT2D eigenvalue weighted by Crippen LogP contribution is -2.42. The second kappa shape index (κ2) is 8.68. The quantitative estimate of drug-likeness (QED) is 0.759. The van der Waals surface area contributed by atoms with Gasteiger partial charge in [0.05, 0.1) is 0 Å². The molecule has 2 aromatic carbocycles. The number of para-hydroxylation sites is 1. The van der Waals surface area contributed by atoms with Gasteiger partial charge in [-0.05, 0) is 62.1 Å². The number of esters is 1. The molecule has 6 nitrogen and oxygen atoms in total. The van der Waals surface area contributed by atoms with Crippen LogP contribution in [0, 0.1) is 0 Å². The Morgan fingerprint density at radius 3 is 2.22 bits per heavy atom. The van der Waals surface area contributed by atoms with Crippen LogP contribution in [0.4, 0.5) is 5.69 Å². The van der Waals surface area contributed by atoms with Crippen molar-refractivity contribution in [1.82, 2.24) is 0 Å². The number of ether oxygens (including phenoxy) is 2. The van der Waals surface area contributed by atoms with Gasteiger partial charge in [-0.1, -0.05) is 24.6 Å². The van der Waals surface area contributed by atoms with E-state index in [0.29, 0.717) is 24.3 Å². The molecular weight excluding hydrogens is 346 g/mol. The summed E-state index contributed by atoms with van der Waals surface area (Å²) < 4.78 is 10.7. The number of hydrogen-bond donors (Lipinski definition) is 2. The molecular formula is C21H23NO5. The minimum atomic E-state index is -1.45. The third kappa shape index (κ3) is 5.31. The largest absolute Gasteiger partial charge is 0.457 e. The van der Waals surface area contributed by atoms with Crippen LogP contribution >= 0.6 is 0 Å². The molecule has 1 aliphatic rings. The maximum atomic E-state index is 12.0. The van der Waals surface area contributed by atoms with E-state index in [2.05, 4.69) is 5.32 Å². The second-order valence-corrected chi connectivity index (χ2v) is 6.66. The fourth-order valence-corrected chi connectivity index (χ4v) is 3.03. The lowest BCUT2D eigenvalue weighted by Gasteiger charge is -2.29. The summed E-state index contributed by atoms with van der Waals surface area (Å²) in [4.78, 5) is 24.0. The molecule has 6 heteroatoms. The van der Waals surface area contributed by atoms with Crippen molar-refractivity contribution in [3.8, 4) is 11.5 Å². The molecule has 0 radical (unpaired) electrons. The van der Waals surface area contributed by atoms with Gasteiger partial charge in [0, 0.05) is 5.69 Å². The smallest absolute Gasteiger partial charge is 0.338 e. The summed E-state index contributed by atoms with van der Waals surface area (Å²) >= 11 is 0. The molecule has 2 N–H and O–H groups in total. The van der Waals surface area contributed by atoms with Crippen molar-refractivity contribution in [3.63, 3.8) is 0 Å². The molecule has 1 aliphatic carbocycles. The first-order chi connectivity index (χ1) is 13.0. The SMILES string of the molecule is O=C(COC(=O)C1(O)CCCCC1)Nc1ccc(Oc2ccccc2)cc1. The predicted octanol–water partition coefficient (Wildman–Crippen LogP) is 3.66. The summed E-state index contributed by atoms with van der Waals surface area (Å²) in [5.41, 5.74) is -0.887. The van der Waals surface area contributed by atoms with Crippen LogP contribution in [-0.4, -0.2) is 29.2 Å². The lowest BCUT2D eigenvalue weighted by atomic mass is 9.85. The maximum absolute atomic E-state index is 12.0. The first kappa shape index (κ1) is 18.9. The van der Waals surface area contributed by atoms with Crippen LogP contribution in [-0.2, 0) is 14.3 Å². The maximum Gasteiger partial charge on any atom is 0.338 e. The van der Waals surface area contributed by atoms with Crippen LogP contribution in [0.5, 0.6) is 11.5 Å². The minimum Gasteiger partial charge on any atom is -0.457 e. The molecule has 1 saturated carbocycles. The van der Waals surface area contributed by atoms with Gasteiger partial charge >= 0.3 is 5.97 Å². The fraction of sp³-hybridized carbons (Fsp3) is 0.333. The Kier molecular flexibility index (Phi) is 6.08. The van der Waals surface area contributed by atoms with Gasteiger partial charge in [0.2, 0.25) is 0 Å². The number of anilines is 1. The highest BCUT2D eigenvalue weighted by molar-refractivity contribution is 5.93. The average Bonchev–Trinajstić information content (AvgIpc) is 2.69. The van der Waals surface area contributed by atoms with Gasteiger partial charge in [0.25, 0.3) is 5.91 Å². The molecule has 27 heavy (non-hydrogen) atoms. The lowest BCUT2D eigenvalue weighted by molar-refractivity contribution is -0.170. The minimum absolute atomic E-state index is 0.385. The number of nitrogens with one attached hydrogen (secondary N) is 1. The Labute approximate surface area is 158 Å². The monoisotopic (exact) mass is 369 g/mol. The van der Waals surface area contributed by atoms with Gasteiger partial charge in [-0.25, -0.2) is 4.79 Å². The highest BCUT2D eigenvalue weighted by Gasteiger charge is 2.38. The highest BCUT2D eigenvalue weighted by Crippen LogP contribution is 2.29. The Hall–Kier alpha value is -2.86. The normalized spacial score (nSPS) is 15.6. The zero-order chi connectivity index (χ0) is 19.1. The second-order valence-electron chi connectivity index (χ2n) is 6.66. The first-order valence-electron chi connectivity index (χ1n) is 9.08. The Morgan fingerprint density at radius 2 is 1.56 bits per heavy atom. The van der Waals surface area contributed by atoms with Crippen molar-refractivity contribution < 1.29 is 24.2 Å². The van der Waals surface area contributed by atoms with E-state index in [-0.39, 0.29) is 0 Å². The van der Waals surface area contributed by atoms with E-state index in [0.717, 1.165) is 25.0 Å². The van der Waals surface area contributed by atoms with Crippen LogP contribution in [0.1, 0.15) is 32.1 Å². The number of aliphatic hydroxyl groups is 1. The Balaban J connectivity index is 1.47. The average molecular weight is 369 g/mol. The van der Waals surface area contributed by atoms with Gasteiger partial charge in [-0.2, -0.15) is 0 Å². The van der Waals surface area contributed by atoms with E-state index >= 15 is 0 Å². The van der Waals surface area contributed by atoms with Crippen LogP contribution in [0.25, 0.3) is 0 Å². The number of amides is 1. The van der Waals surface area contributed by atoms with E-state index in [9.17, 15) is 14.7 Å². The van der Waals surface area contributed by atoms with Gasteiger partial charge in [0.15, 0.2) is 12.2 Å². The summed E-state index contributed by atoms with van der Waals surface area (Å²) in [6.45, 7) is -0.427. The van der Waals surface area contributed by atoms with Crippen molar-refractivity contribution in [2.75, 3.05) is 11.9 Å². The molecule has 0 spiro atoms. The molecule has 1 fully saturated rings. The van der Waals surface area contributed by atoms with Crippen LogP contribution in [0.2, 0.25) is 0 Å². The summed E-state index contributed by atoms with van der Waals surface area (Å²) in [5, 5.41) is 12.9. The molecule has 0 heterocycles. The number of carbonyl (C=O) groups is 2. The van der Waals surface area contributed by atoms with E-state index < -0.39 is 24.1 Å². The topological polar surface area (TPSA) is 84.9 Å². The first-order valence-corrected chi connectivity index (χ1v) is 9.08. The van der Waals surface area contributed by atoms with Crippen LogP contribution in [0.3, 0.4) is 0 Å².